The molecule has 0 aliphatic carbocycles. The van der Waals surface area contributed by atoms with Crippen molar-refractivity contribution in [2.24, 2.45) is 11.8 Å². The lowest BCUT2D eigenvalue weighted by molar-refractivity contribution is -0.131. The molecule has 2 N–H and O–H groups in total. The molecule has 6 heterocycles. The molecule has 4 aliphatic heterocycles. The highest BCUT2D eigenvalue weighted by Crippen LogP contribution is 2.47. The highest BCUT2D eigenvalue weighted by atomic mass is 32.1. The summed E-state index contributed by atoms with van der Waals surface area (Å²) in [6, 6.07) is 5.26. The van der Waals surface area contributed by atoms with Crippen molar-refractivity contribution < 1.29 is 27.4 Å². The van der Waals surface area contributed by atoms with E-state index in [1.54, 1.807) is 12.1 Å². The average molecular weight is 753 g/mol. The molecule has 2 aromatic carbocycles. The number of ether oxygens (including phenoxy) is 2. The molecule has 4 unspecified atom stereocenters. The van der Waals surface area contributed by atoms with Gasteiger partial charge in [-0.25, -0.2) is 13.2 Å². The summed E-state index contributed by atoms with van der Waals surface area (Å²) in [7, 11) is 1.46. The van der Waals surface area contributed by atoms with E-state index >= 15 is 4.39 Å². The van der Waals surface area contributed by atoms with Crippen molar-refractivity contribution in [1.82, 2.24) is 19.8 Å². The fourth-order valence-corrected chi connectivity index (χ4v) is 9.75. The molecule has 9 nitrogen and oxygen atoms in total. The van der Waals surface area contributed by atoms with Gasteiger partial charge in [-0.2, -0.15) is 9.97 Å². The normalized spacial score (nSPS) is 22.7. The maximum absolute atomic E-state index is 16.8. The number of hydrogen-bond donors (Lipinski definition) is 1. The van der Waals surface area contributed by atoms with Gasteiger partial charge in [0.05, 0.1) is 28.2 Å². The lowest BCUT2D eigenvalue weighted by Crippen LogP contribution is -2.42. The second-order valence-corrected chi connectivity index (χ2v) is 16.4. The van der Waals surface area contributed by atoms with E-state index in [-0.39, 0.29) is 40.8 Å². The Morgan fingerprint density at radius 1 is 1.11 bits per heavy atom. The Balaban J connectivity index is 0.000000418. The van der Waals surface area contributed by atoms with Crippen molar-refractivity contribution in [3.8, 4) is 22.9 Å². The monoisotopic (exact) mass is 752 g/mol. The molecule has 0 spiro atoms. The topological polar surface area (TPSA) is 97.0 Å². The quantitative estimate of drug-likeness (QED) is 0.194. The Labute approximate surface area is 313 Å². The highest BCUT2D eigenvalue weighted by Gasteiger charge is 2.36. The molecule has 0 saturated carbocycles. The zero-order chi connectivity index (χ0) is 37.6. The van der Waals surface area contributed by atoms with Crippen LogP contribution < -0.4 is 20.1 Å². The van der Waals surface area contributed by atoms with Crippen LogP contribution in [0.4, 0.5) is 24.0 Å². The third-order valence-electron chi connectivity index (χ3n) is 11.3. The standard InChI is InChI=1S/C33H39F2N5O3S.C7H12FN/c1-6-19-16-43-24-13-22(21-8-9-23(34)30-26(21)20(7-2)31(36)44-30)28(35)29-27(24)32(38-33(37-29)42-5)40(19)15-18-10-11-39(14-18)25(41)12-17(3)4;8-6-4-7-2-1-3-9(7)5-6/h8-9,13,17-19H,6-7,10-12,14-16,36H2,1-5H3;6-7H,1-5H2. The molecule has 4 aliphatic rings. The Morgan fingerprint density at radius 3 is 2.64 bits per heavy atom. The number of nitrogens with zero attached hydrogens (tertiary/aromatic N) is 5. The van der Waals surface area contributed by atoms with Gasteiger partial charge in [-0.3, -0.25) is 9.69 Å². The molecule has 2 aromatic heterocycles. The molecule has 286 valence electrons. The van der Waals surface area contributed by atoms with Crippen LogP contribution in [0.25, 0.3) is 32.1 Å². The SMILES string of the molecule is CCc1c(N)sc2c(F)ccc(-c3cc4c5c(nc(OC)nc5c3F)N(CC3CCN(C(=O)CC(C)C)C3)C(CC)CO4)c12.FC1CC2CCCN2C1. The Bertz CT molecular complexity index is 1980. The summed E-state index contributed by atoms with van der Waals surface area (Å²) in [5.74, 6) is 0.800. The van der Waals surface area contributed by atoms with E-state index in [4.69, 9.17) is 20.2 Å². The number of aryl methyl sites for hydroxylation is 1. The molecule has 3 saturated heterocycles. The van der Waals surface area contributed by atoms with E-state index in [1.807, 2.05) is 11.8 Å². The number of nitrogens with two attached hydrogens (primary N) is 1. The first kappa shape index (κ1) is 37.5. The molecular weight excluding hydrogens is 702 g/mol. The van der Waals surface area contributed by atoms with Crippen molar-refractivity contribution >= 4 is 49.1 Å². The number of fused-ring (bicyclic) bond motifs is 2. The number of rotatable bonds is 8. The van der Waals surface area contributed by atoms with Gasteiger partial charge in [-0.05, 0) is 80.2 Å². The van der Waals surface area contributed by atoms with Gasteiger partial charge >= 0.3 is 6.01 Å². The van der Waals surface area contributed by atoms with Crippen molar-refractivity contribution in [3.05, 3.63) is 35.4 Å². The molecule has 53 heavy (non-hydrogen) atoms. The summed E-state index contributed by atoms with van der Waals surface area (Å²) in [6.07, 6.45) is 5.58. The van der Waals surface area contributed by atoms with E-state index in [9.17, 15) is 13.6 Å². The molecule has 3 fully saturated rings. The van der Waals surface area contributed by atoms with E-state index in [1.165, 1.54) is 37.4 Å². The Morgan fingerprint density at radius 2 is 1.92 bits per heavy atom. The molecule has 0 bridgehead atoms. The van der Waals surface area contributed by atoms with E-state index < -0.39 is 12.0 Å². The number of aromatic nitrogens is 2. The smallest absolute Gasteiger partial charge is 0.318 e. The molecule has 4 aromatic rings. The van der Waals surface area contributed by atoms with Gasteiger partial charge in [0.15, 0.2) is 5.82 Å². The molecule has 8 rings (SSSR count). The number of alkyl halides is 1. The van der Waals surface area contributed by atoms with Gasteiger partial charge in [-0.15, -0.1) is 11.3 Å². The number of likely N-dealkylation sites (tertiary alicyclic amines) is 1. The largest absolute Gasteiger partial charge is 0.491 e. The van der Waals surface area contributed by atoms with Crippen LogP contribution in [0.3, 0.4) is 0 Å². The van der Waals surface area contributed by atoms with Crippen LogP contribution in [-0.4, -0.2) is 90.4 Å². The van der Waals surface area contributed by atoms with Crippen molar-refractivity contribution in [2.45, 2.75) is 90.9 Å². The molecule has 4 atom stereocenters. The molecule has 0 radical (unpaired) electrons. The summed E-state index contributed by atoms with van der Waals surface area (Å²) >= 11 is 1.18. The molecule has 1 amide bonds. The molecule has 13 heteroatoms. The lowest BCUT2D eigenvalue weighted by Gasteiger charge is -2.32. The van der Waals surface area contributed by atoms with Gasteiger partial charge in [0, 0.05) is 49.6 Å². The number of halogens is 3. The van der Waals surface area contributed by atoms with E-state index in [2.05, 4.69) is 35.6 Å². The number of anilines is 2. The summed E-state index contributed by atoms with van der Waals surface area (Å²) < 4.78 is 56.6. The van der Waals surface area contributed by atoms with E-state index in [0.717, 1.165) is 37.9 Å². The Kier molecular flexibility index (Phi) is 11.0. The van der Waals surface area contributed by atoms with Crippen LogP contribution >= 0.6 is 11.3 Å². The number of nitrogen functional groups attached to an aromatic ring is 1. The zero-order valence-electron chi connectivity index (χ0n) is 31.4. The third-order valence-corrected chi connectivity index (χ3v) is 12.4. The third kappa shape index (κ3) is 7.23. The van der Waals surface area contributed by atoms with Crippen molar-refractivity contribution in [3.63, 3.8) is 0 Å². The van der Waals surface area contributed by atoms with Gasteiger partial charge in [0.2, 0.25) is 5.91 Å². The molecular formula is C40H51F3N6O3S. The van der Waals surface area contributed by atoms with E-state index in [0.29, 0.717) is 88.6 Å². The van der Waals surface area contributed by atoms with Crippen LogP contribution in [0.2, 0.25) is 0 Å². The van der Waals surface area contributed by atoms with Crippen LogP contribution in [0.1, 0.15) is 71.8 Å². The number of hydrogen-bond acceptors (Lipinski definition) is 9. The Hall–Kier alpha value is -3.84. The summed E-state index contributed by atoms with van der Waals surface area (Å²) in [5, 5.41) is 1.61. The zero-order valence-corrected chi connectivity index (χ0v) is 32.2. The van der Waals surface area contributed by atoms with Gasteiger partial charge < -0.3 is 25.0 Å². The minimum absolute atomic E-state index is 0.0435. The summed E-state index contributed by atoms with van der Waals surface area (Å²) in [5.41, 5.74) is 7.95. The number of carbonyl (C=O) groups excluding carboxylic acids is 1. The first-order valence-corrected chi connectivity index (χ1v) is 20.0. The fraction of sp³-hybridized carbons (Fsp3) is 0.575. The predicted octanol–water partition coefficient (Wildman–Crippen LogP) is 8.01. The predicted molar refractivity (Wildman–Crippen MR) is 206 cm³/mol. The van der Waals surface area contributed by atoms with Crippen LogP contribution in [-0.2, 0) is 11.2 Å². The van der Waals surface area contributed by atoms with Crippen LogP contribution in [0, 0.1) is 23.5 Å². The lowest BCUT2D eigenvalue weighted by atomic mass is 9.96. The number of benzene rings is 2. The number of thiophene rings is 1. The van der Waals surface area contributed by atoms with Crippen molar-refractivity contribution in [1.29, 1.82) is 0 Å². The van der Waals surface area contributed by atoms with Gasteiger partial charge in [-0.1, -0.05) is 33.8 Å². The van der Waals surface area contributed by atoms with Gasteiger partial charge in [0.1, 0.15) is 35.7 Å². The van der Waals surface area contributed by atoms with Crippen LogP contribution in [0.15, 0.2) is 18.2 Å². The highest BCUT2D eigenvalue weighted by molar-refractivity contribution is 7.23. The van der Waals surface area contributed by atoms with Crippen LogP contribution in [0.5, 0.6) is 11.8 Å². The van der Waals surface area contributed by atoms with Gasteiger partial charge in [0.25, 0.3) is 0 Å². The maximum Gasteiger partial charge on any atom is 0.318 e. The number of carbonyl (C=O) groups is 1. The number of methoxy groups -OCH3 is 1. The van der Waals surface area contributed by atoms with Crippen molar-refractivity contribution in [2.75, 3.05) is 57.1 Å². The average Bonchev–Trinajstić information content (AvgIpc) is 3.91. The first-order chi connectivity index (χ1) is 25.5. The first-order valence-electron chi connectivity index (χ1n) is 19.1. The summed E-state index contributed by atoms with van der Waals surface area (Å²) in [4.78, 5) is 28.5. The minimum atomic E-state index is -0.560. The fourth-order valence-electron chi connectivity index (χ4n) is 8.66. The second-order valence-electron chi connectivity index (χ2n) is 15.3. The second kappa shape index (κ2) is 15.5. The summed E-state index contributed by atoms with van der Waals surface area (Å²) in [6.45, 7) is 12.4. The number of amides is 1. The minimum Gasteiger partial charge on any atom is -0.491 e. The maximum atomic E-state index is 16.8.